The van der Waals surface area contributed by atoms with Crippen molar-refractivity contribution in [1.82, 2.24) is 4.98 Å². The molecule has 0 aliphatic carbocycles. The van der Waals surface area contributed by atoms with Gasteiger partial charge in [-0.25, -0.2) is 4.98 Å². The van der Waals surface area contributed by atoms with Gasteiger partial charge in [0.2, 0.25) is 5.69 Å². The highest BCUT2D eigenvalue weighted by molar-refractivity contribution is 5.70. The molecule has 0 amide bonds. The van der Waals surface area contributed by atoms with E-state index in [1.54, 1.807) is 6.07 Å². The lowest BCUT2D eigenvalue weighted by atomic mass is 10.5. The van der Waals surface area contributed by atoms with Crippen LogP contribution in [0.2, 0.25) is 0 Å². The molecule has 0 saturated carbocycles. The second kappa shape index (κ2) is 4.11. The highest BCUT2D eigenvalue weighted by atomic mass is 16.7. The molecule has 0 aromatic carbocycles. The van der Waals surface area contributed by atoms with Gasteiger partial charge in [-0.3, -0.25) is 0 Å². The van der Waals surface area contributed by atoms with Crippen LogP contribution in [-0.2, 0) is 9.47 Å². The van der Waals surface area contributed by atoms with Crippen LogP contribution in [-0.4, -0.2) is 25.3 Å². The number of rotatable bonds is 1. The van der Waals surface area contributed by atoms with E-state index in [4.69, 9.17) is 19.2 Å². The minimum Gasteiger partial charge on any atom is -0.454 e. The first-order valence-corrected chi connectivity index (χ1v) is 3.32. The standard InChI is InChI=1S/C7H7N3O3/c1-11-7(12-2)10-6-5(3-8)9-4-13-6/h4H,1-2H3. The van der Waals surface area contributed by atoms with Crippen LogP contribution in [0.4, 0.5) is 5.88 Å². The average Bonchev–Trinajstić information content (AvgIpc) is 2.61. The summed E-state index contributed by atoms with van der Waals surface area (Å²) in [5.74, 6) is 0.0706. The second-order valence-electron chi connectivity index (χ2n) is 1.90. The van der Waals surface area contributed by atoms with Crippen LogP contribution < -0.4 is 0 Å². The van der Waals surface area contributed by atoms with Gasteiger partial charge in [0.05, 0.1) is 14.2 Å². The molecule has 6 nitrogen and oxygen atoms in total. The minimum absolute atomic E-state index is 0.00764. The van der Waals surface area contributed by atoms with Crippen LogP contribution in [0.5, 0.6) is 0 Å². The summed E-state index contributed by atoms with van der Waals surface area (Å²) >= 11 is 0. The van der Waals surface area contributed by atoms with Crippen molar-refractivity contribution in [2.45, 2.75) is 0 Å². The first-order valence-electron chi connectivity index (χ1n) is 3.32. The lowest BCUT2D eigenvalue weighted by molar-refractivity contribution is 0.242. The molecule has 0 aliphatic heterocycles. The summed E-state index contributed by atoms with van der Waals surface area (Å²) in [4.78, 5) is 7.36. The van der Waals surface area contributed by atoms with E-state index in [0.29, 0.717) is 0 Å². The summed E-state index contributed by atoms with van der Waals surface area (Å²) in [7, 11) is 2.79. The number of aromatic nitrogens is 1. The van der Waals surface area contributed by atoms with Gasteiger partial charge in [0.25, 0.3) is 5.88 Å². The van der Waals surface area contributed by atoms with Gasteiger partial charge in [0.15, 0.2) is 6.39 Å². The second-order valence-corrected chi connectivity index (χ2v) is 1.90. The lowest BCUT2D eigenvalue weighted by Gasteiger charge is -1.98. The van der Waals surface area contributed by atoms with Crippen LogP contribution >= 0.6 is 0 Å². The third-order valence-corrected chi connectivity index (χ3v) is 1.20. The molecule has 6 heteroatoms. The zero-order valence-electron chi connectivity index (χ0n) is 7.14. The summed E-state index contributed by atoms with van der Waals surface area (Å²) in [5, 5.41) is 8.54. The Kier molecular flexibility index (Phi) is 2.87. The van der Waals surface area contributed by atoms with E-state index < -0.39 is 0 Å². The molecular formula is C7H7N3O3. The summed E-state index contributed by atoms with van der Waals surface area (Å²) in [6.07, 6.45) is 1.13. The van der Waals surface area contributed by atoms with Crippen molar-refractivity contribution in [2.75, 3.05) is 14.2 Å². The Hall–Kier alpha value is -2.03. The molecule has 0 radical (unpaired) electrons. The number of oxazole rings is 1. The van der Waals surface area contributed by atoms with Crippen molar-refractivity contribution in [1.29, 1.82) is 5.26 Å². The maximum absolute atomic E-state index is 8.54. The van der Waals surface area contributed by atoms with Crippen molar-refractivity contribution >= 4 is 12.0 Å². The van der Waals surface area contributed by atoms with Crippen LogP contribution in [0.25, 0.3) is 0 Å². The van der Waals surface area contributed by atoms with Gasteiger partial charge in [0, 0.05) is 0 Å². The normalized spacial score (nSPS) is 8.69. The van der Waals surface area contributed by atoms with Gasteiger partial charge in [-0.05, 0) is 0 Å². The van der Waals surface area contributed by atoms with Crippen molar-refractivity contribution in [3.63, 3.8) is 0 Å². The topological polar surface area (TPSA) is 80.6 Å². The summed E-state index contributed by atoms with van der Waals surface area (Å²) in [6, 6.07) is 1.81. The third kappa shape index (κ3) is 1.96. The molecule has 0 aliphatic rings. The summed E-state index contributed by atoms with van der Waals surface area (Å²) < 4.78 is 14.2. The first-order chi connectivity index (χ1) is 6.31. The molecule has 0 saturated heterocycles. The minimum atomic E-state index is 0.00764. The van der Waals surface area contributed by atoms with E-state index in [1.165, 1.54) is 14.2 Å². The van der Waals surface area contributed by atoms with Crippen molar-refractivity contribution in [2.24, 2.45) is 4.99 Å². The van der Waals surface area contributed by atoms with E-state index in [2.05, 4.69) is 9.98 Å². The molecular weight excluding hydrogens is 174 g/mol. The van der Waals surface area contributed by atoms with Gasteiger partial charge >= 0.3 is 6.08 Å². The Morgan fingerprint density at radius 1 is 1.62 bits per heavy atom. The smallest absolute Gasteiger partial charge is 0.391 e. The molecule has 1 aromatic rings. The molecule has 0 bridgehead atoms. The number of nitrogens with zero attached hydrogens (tertiary/aromatic N) is 3. The number of methoxy groups -OCH3 is 2. The Labute approximate surface area is 74.4 Å². The molecule has 0 atom stereocenters. The van der Waals surface area contributed by atoms with Crippen molar-refractivity contribution in [3.8, 4) is 6.07 Å². The van der Waals surface area contributed by atoms with E-state index in [1.807, 2.05) is 0 Å². The largest absolute Gasteiger partial charge is 0.454 e. The fraction of sp³-hybridized carbons (Fsp3) is 0.286. The Morgan fingerprint density at radius 3 is 2.85 bits per heavy atom. The summed E-state index contributed by atoms with van der Waals surface area (Å²) in [5.41, 5.74) is 0.0894. The zero-order valence-corrected chi connectivity index (χ0v) is 7.14. The lowest BCUT2D eigenvalue weighted by Crippen LogP contribution is -2.02. The molecule has 0 N–H and O–H groups in total. The number of aliphatic imine (C=N–C) groups is 1. The molecule has 0 fully saturated rings. The molecule has 0 unspecified atom stereocenters. The van der Waals surface area contributed by atoms with Gasteiger partial charge < -0.3 is 13.9 Å². The molecule has 1 aromatic heterocycles. The fourth-order valence-corrected chi connectivity index (χ4v) is 0.654. The van der Waals surface area contributed by atoms with Gasteiger partial charge in [-0.1, -0.05) is 0 Å². The number of ether oxygens (including phenoxy) is 2. The highest BCUT2D eigenvalue weighted by Gasteiger charge is 2.08. The third-order valence-electron chi connectivity index (χ3n) is 1.20. The van der Waals surface area contributed by atoms with Gasteiger partial charge in [-0.2, -0.15) is 5.26 Å². The average molecular weight is 181 g/mol. The molecule has 68 valence electrons. The van der Waals surface area contributed by atoms with E-state index in [9.17, 15) is 0 Å². The monoisotopic (exact) mass is 181 g/mol. The first kappa shape index (κ1) is 9.06. The van der Waals surface area contributed by atoms with Crippen molar-refractivity contribution in [3.05, 3.63) is 12.1 Å². The Balaban J connectivity index is 2.96. The highest BCUT2D eigenvalue weighted by Crippen LogP contribution is 2.16. The van der Waals surface area contributed by atoms with E-state index >= 15 is 0 Å². The molecule has 13 heavy (non-hydrogen) atoms. The number of nitriles is 1. The fourth-order valence-electron chi connectivity index (χ4n) is 0.654. The maximum Gasteiger partial charge on any atom is 0.391 e. The van der Waals surface area contributed by atoms with Crippen molar-refractivity contribution < 1.29 is 13.9 Å². The predicted molar refractivity (Wildman–Crippen MR) is 42.3 cm³/mol. The van der Waals surface area contributed by atoms with Gasteiger partial charge in [-0.15, -0.1) is 4.99 Å². The van der Waals surface area contributed by atoms with Crippen LogP contribution in [0, 0.1) is 11.3 Å². The summed E-state index contributed by atoms with van der Waals surface area (Å²) in [6.45, 7) is 0. The van der Waals surface area contributed by atoms with Crippen LogP contribution in [0.3, 0.4) is 0 Å². The number of hydrogen-bond donors (Lipinski definition) is 0. The predicted octanol–water partition coefficient (Wildman–Crippen LogP) is 0.827. The molecule has 1 heterocycles. The number of hydrogen-bond acceptors (Lipinski definition) is 6. The Bertz CT molecular complexity index is 344. The molecule has 1 rings (SSSR count). The van der Waals surface area contributed by atoms with Crippen LogP contribution in [0.15, 0.2) is 15.8 Å². The van der Waals surface area contributed by atoms with Gasteiger partial charge in [0.1, 0.15) is 6.07 Å². The molecule has 0 spiro atoms. The van der Waals surface area contributed by atoms with E-state index in [0.717, 1.165) is 6.39 Å². The SMILES string of the molecule is COC(=Nc1ocnc1C#N)OC. The quantitative estimate of drug-likeness (QED) is 0.473. The van der Waals surface area contributed by atoms with Crippen LogP contribution in [0.1, 0.15) is 5.69 Å². The maximum atomic E-state index is 8.54. The van der Waals surface area contributed by atoms with E-state index in [-0.39, 0.29) is 17.7 Å². The zero-order chi connectivity index (χ0) is 9.68. The Morgan fingerprint density at radius 2 is 2.31 bits per heavy atom.